The zero-order chi connectivity index (χ0) is 13.4. The first-order chi connectivity index (χ1) is 8.40. The molecule has 2 unspecified atom stereocenters. The molecule has 2 rings (SSSR count). The van der Waals surface area contributed by atoms with E-state index in [9.17, 15) is 20.1 Å². The Morgan fingerprint density at radius 2 is 1.89 bits per heavy atom. The standard InChI is InChI=1S/C12H16N2O4/c1-6-3-7(2)13-11(10(6)12(17)18)14-4-8(15)9(16)5-14/h3,8-9,15-16H,4-5H2,1-2H3,(H,17,18). The summed E-state index contributed by atoms with van der Waals surface area (Å²) in [5, 5.41) is 28.3. The van der Waals surface area contributed by atoms with E-state index in [0.29, 0.717) is 17.1 Å². The third-order valence-electron chi connectivity index (χ3n) is 3.10. The summed E-state index contributed by atoms with van der Waals surface area (Å²) in [4.78, 5) is 17.1. The molecule has 0 saturated carbocycles. The number of hydrogen-bond acceptors (Lipinski definition) is 5. The highest BCUT2D eigenvalue weighted by atomic mass is 16.4. The van der Waals surface area contributed by atoms with Crippen molar-refractivity contribution in [2.24, 2.45) is 0 Å². The van der Waals surface area contributed by atoms with Gasteiger partial charge in [0.15, 0.2) is 0 Å². The van der Waals surface area contributed by atoms with Crippen LogP contribution in [0.3, 0.4) is 0 Å². The molecule has 6 heteroatoms. The topological polar surface area (TPSA) is 93.9 Å². The third kappa shape index (κ3) is 2.16. The second-order valence-corrected chi connectivity index (χ2v) is 4.62. The molecule has 0 amide bonds. The summed E-state index contributed by atoms with van der Waals surface area (Å²) in [7, 11) is 0. The molecule has 1 fully saturated rings. The lowest BCUT2D eigenvalue weighted by Gasteiger charge is -2.20. The SMILES string of the molecule is Cc1cc(C)c(C(=O)O)c(N2CC(O)C(O)C2)n1. The molecule has 98 valence electrons. The normalized spacial score (nSPS) is 23.4. The predicted octanol–water partition coefficient (Wildman–Crippen LogP) is -0.0616. The molecular weight excluding hydrogens is 236 g/mol. The van der Waals surface area contributed by atoms with E-state index in [-0.39, 0.29) is 18.7 Å². The molecule has 1 aliphatic heterocycles. The number of anilines is 1. The minimum absolute atomic E-state index is 0.127. The van der Waals surface area contributed by atoms with Gasteiger partial charge in [0.2, 0.25) is 0 Å². The van der Waals surface area contributed by atoms with Crippen LogP contribution in [0, 0.1) is 13.8 Å². The van der Waals surface area contributed by atoms with Crippen LogP contribution in [0.25, 0.3) is 0 Å². The van der Waals surface area contributed by atoms with Crippen molar-refractivity contribution < 1.29 is 20.1 Å². The summed E-state index contributed by atoms with van der Waals surface area (Å²) < 4.78 is 0. The zero-order valence-electron chi connectivity index (χ0n) is 10.3. The highest BCUT2D eigenvalue weighted by Crippen LogP contribution is 2.26. The van der Waals surface area contributed by atoms with Gasteiger partial charge in [-0.3, -0.25) is 0 Å². The van der Waals surface area contributed by atoms with E-state index in [0.717, 1.165) is 0 Å². The predicted molar refractivity (Wildman–Crippen MR) is 64.9 cm³/mol. The summed E-state index contributed by atoms with van der Waals surface area (Å²) in [6.07, 6.45) is -1.73. The third-order valence-corrected chi connectivity index (χ3v) is 3.10. The van der Waals surface area contributed by atoms with Crippen LogP contribution in [-0.2, 0) is 0 Å². The van der Waals surface area contributed by atoms with E-state index in [2.05, 4.69) is 4.98 Å². The molecule has 0 bridgehead atoms. The van der Waals surface area contributed by atoms with Crippen molar-refractivity contribution in [1.29, 1.82) is 0 Å². The van der Waals surface area contributed by atoms with Crippen molar-refractivity contribution in [2.75, 3.05) is 18.0 Å². The molecule has 0 aliphatic carbocycles. The molecule has 18 heavy (non-hydrogen) atoms. The number of nitrogens with zero attached hydrogens (tertiary/aromatic N) is 2. The highest BCUT2D eigenvalue weighted by molar-refractivity contribution is 5.95. The van der Waals surface area contributed by atoms with Crippen LogP contribution in [0.15, 0.2) is 6.07 Å². The largest absolute Gasteiger partial charge is 0.478 e. The molecule has 1 aliphatic rings. The second-order valence-electron chi connectivity index (χ2n) is 4.62. The molecule has 2 heterocycles. The van der Waals surface area contributed by atoms with E-state index in [1.807, 2.05) is 0 Å². The number of aryl methyl sites for hydroxylation is 2. The van der Waals surface area contributed by atoms with Gasteiger partial charge < -0.3 is 20.2 Å². The minimum atomic E-state index is -1.05. The number of carboxylic acid groups (broad SMARTS) is 1. The summed E-state index contributed by atoms with van der Waals surface area (Å²) in [6.45, 7) is 3.88. The fourth-order valence-electron chi connectivity index (χ4n) is 2.25. The van der Waals surface area contributed by atoms with Crippen LogP contribution in [0.4, 0.5) is 5.82 Å². The molecule has 1 aromatic heterocycles. The highest BCUT2D eigenvalue weighted by Gasteiger charge is 2.33. The molecule has 1 saturated heterocycles. The average Bonchev–Trinajstić information content (AvgIpc) is 2.57. The monoisotopic (exact) mass is 252 g/mol. The summed E-state index contributed by atoms with van der Waals surface area (Å²) in [6, 6.07) is 1.70. The van der Waals surface area contributed by atoms with E-state index in [1.165, 1.54) is 0 Å². The lowest BCUT2D eigenvalue weighted by molar-refractivity contribution is 0.0572. The van der Waals surface area contributed by atoms with Gasteiger partial charge in [0.1, 0.15) is 11.4 Å². The summed E-state index contributed by atoms with van der Waals surface area (Å²) in [5.74, 6) is -0.735. The molecular formula is C12H16N2O4. The van der Waals surface area contributed by atoms with Crippen LogP contribution in [0.5, 0.6) is 0 Å². The number of carboxylic acids is 1. The number of β-amino-alcohol motifs (C(OH)–C–C–N with tert-alkyl or cyclic N) is 2. The molecule has 0 aromatic carbocycles. The first-order valence-electron chi connectivity index (χ1n) is 5.72. The Morgan fingerprint density at radius 1 is 1.33 bits per heavy atom. The number of aromatic carboxylic acids is 1. The maximum atomic E-state index is 11.3. The minimum Gasteiger partial charge on any atom is -0.478 e. The van der Waals surface area contributed by atoms with Gasteiger partial charge >= 0.3 is 5.97 Å². The Balaban J connectivity index is 2.47. The Hall–Kier alpha value is -1.66. The van der Waals surface area contributed by atoms with E-state index in [1.54, 1.807) is 24.8 Å². The molecule has 6 nitrogen and oxygen atoms in total. The number of aliphatic hydroxyl groups excluding tert-OH is 2. The maximum absolute atomic E-state index is 11.3. The smallest absolute Gasteiger partial charge is 0.339 e. The molecule has 0 radical (unpaired) electrons. The number of aromatic nitrogens is 1. The fraction of sp³-hybridized carbons (Fsp3) is 0.500. The van der Waals surface area contributed by atoms with E-state index < -0.39 is 18.2 Å². The Morgan fingerprint density at radius 3 is 2.39 bits per heavy atom. The second kappa shape index (κ2) is 4.55. The molecule has 1 aromatic rings. The molecule has 0 spiro atoms. The maximum Gasteiger partial charge on any atom is 0.339 e. The van der Waals surface area contributed by atoms with Gasteiger partial charge in [0.25, 0.3) is 0 Å². The lowest BCUT2D eigenvalue weighted by atomic mass is 10.1. The Bertz CT molecular complexity index is 479. The Kier molecular flexibility index (Phi) is 3.23. The van der Waals surface area contributed by atoms with Gasteiger partial charge in [-0.15, -0.1) is 0 Å². The molecule has 3 N–H and O–H groups in total. The van der Waals surface area contributed by atoms with Crippen molar-refractivity contribution >= 4 is 11.8 Å². The number of aliphatic hydroxyl groups is 2. The number of rotatable bonds is 2. The average molecular weight is 252 g/mol. The van der Waals surface area contributed by atoms with Gasteiger partial charge in [-0.2, -0.15) is 0 Å². The van der Waals surface area contributed by atoms with Crippen molar-refractivity contribution in [3.05, 3.63) is 22.9 Å². The lowest BCUT2D eigenvalue weighted by Crippen LogP contribution is -2.25. The number of carbonyl (C=O) groups is 1. The number of hydrogen-bond donors (Lipinski definition) is 3. The fourth-order valence-corrected chi connectivity index (χ4v) is 2.25. The molecule has 2 atom stereocenters. The van der Waals surface area contributed by atoms with E-state index in [4.69, 9.17) is 0 Å². The first kappa shape index (κ1) is 12.8. The van der Waals surface area contributed by atoms with Gasteiger partial charge in [-0.05, 0) is 25.5 Å². The Labute approximate surface area is 105 Å². The first-order valence-corrected chi connectivity index (χ1v) is 5.72. The van der Waals surface area contributed by atoms with E-state index >= 15 is 0 Å². The van der Waals surface area contributed by atoms with Crippen molar-refractivity contribution in [3.8, 4) is 0 Å². The summed E-state index contributed by atoms with van der Waals surface area (Å²) in [5.41, 5.74) is 1.46. The van der Waals surface area contributed by atoms with Gasteiger partial charge in [-0.1, -0.05) is 0 Å². The van der Waals surface area contributed by atoms with Crippen molar-refractivity contribution in [1.82, 2.24) is 4.98 Å². The zero-order valence-corrected chi connectivity index (χ0v) is 10.3. The number of pyridine rings is 1. The van der Waals surface area contributed by atoms with Crippen molar-refractivity contribution in [3.63, 3.8) is 0 Å². The van der Waals surface area contributed by atoms with Crippen LogP contribution < -0.4 is 4.90 Å². The van der Waals surface area contributed by atoms with Crippen molar-refractivity contribution in [2.45, 2.75) is 26.1 Å². The van der Waals surface area contributed by atoms with Gasteiger partial charge in [0.05, 0.1) is 12.2 Å². The summed E-state index contributed by atoms with van der Waals surface area (Å²) >= 11 is 0. The van der Waals surface area contributed by atoms with Gasteiger partial charge in [0, 0.05) is 18.8 Å². The van der Waals surface area contributed by atoms with Crippen LogP contribution in [0.1, 0.15) is 21.6 Å². The van der Waals surface area contributed by atoms with Crippen LogP contribution in [-0.4, -0.2) is 51.6 Å². The van der Waals surface area contributed by atoms with Crippen LogP contribution >= 0.6 is 0 Å². The van der Waals surface area contributed by atoms with Crippen LogP contribution in [0.2, 0.25) is 0 Å². The quantitative estimate of drug-likeness (QED) is 0.682. The van der Waals surface area contributed by atoms with Gasteiger partial charge in [-0.25, -0.2) is 9.78 Å².